The number of aryl methyl sites for hydroxylation is 1. The van der Waals surface area contributed by atoms with Crippen LogP contribution in [0.3, 0.4) is 0 Å². The number of nitrogens with zero attached hydrogens (tertiary/aromatic N) is 1. The van der Waals surface area contributed by atoms with Crippen molar-refractivity contribution in [3.63, 3.8) is 0 Å². The highest BCUT2D eigenvalue weighted by atomic mass is 15.3. The maximum absolute atomic E-state index is 2.37. The number of hydrogen-bond acceptors (Lipinski definition) is 0. The molecule has 0 radical (unpaired) electrons. The first kappa shape index (κ1) is 24.2. The molecule has 0 amide bonds. The molecule has 146 valence electrons. The molecular weight excluding hydrogens is 302 g/mol. The third-order valence-electron chi connectivity index (χ3n) is 4.89. The summed E-state index contributed by atoms with van der Waals surface area (Å²) in [5.41, 5.74) is 1.32. The van der Waals surface area contributed by atoms with Gasteiger partial charge in [-0.25, -0.2) is 0 Å². The first-order valence-electron chi connectivity index (χ1n) is 10.9. The lowest BCUT2D eigenvalue weighted by Gasteiger charge is -2.29. The van der Waals surface area contributed by atoms with Gasteiger partial charge in [0.1, 0.15) is 0 Å². The normalized spacial score (nSPS) is 11.1. The van der Waals surface area contributed by atoms with E-state index in [1.54, 1.807) is 0 Å². The van der Waals surface area contributed by atoms with E-state index in [4.69, 9.17) is 0 Å². The lowest BCUT2D eigenvalue weighted by atomic mass is 10.1. The van der Waals surface area contributed by atoms with E-state index in [2.05, 4.69) is 47.0 Å². The number of quaternary nitrogens is 1. The van der Waals surface area contributed by atoms with Crippen LogP contribution in [0.5, 0.6) is 0 Å². The molecule has 1 aromatic rings. The fourth-order valence-electron chi connectivity index (χ4n) is 3.28. The molecule has 0 aliphatic carbocycles. The minimum atomic E-state index is 1.22. The molecule has 1 nitrogen and oxygen atoms in total. The van der Waals surface area contributed by atoms with Crippen molar-refractivity contribution in [1.29, 1.82) is 0 Å². The fourth-order valence-corrected chi connectivity index (χ4v) is 3.28. The van der Waals surface area contributed by atoms with Gasteiger partial charge in [0.15, 0.2) is 0 Å². The third-order valence-corrected chi connectivity index (χ3v) is 4.89. The highest BCUT2D eigenvalue weighted by Crippen LogP contribution is 2.11. The quantitative estimate of drug-likeness (QED) is 0.257. The number of unbranched alkanes of at least 4 members (excludes halogenated alkanes) is 9. The van der Waals surface area contributed by atoms with Crippen LogP contribution in [0.15, 0.2) is 30.3 Å². The summed E-state index contributed by atoms with van der Waals surface area (Å²) in [6.07, 6.45) is 15.8. The molecule has 0 aliphatic rings. The van der Waals surface area contributed by atoms with Gasteiger partial charge in [0.2, 0.25) is 0 Å². The average molecular weight is 349 g/mol. The molecule has 0 N–H and O–H groups in total. The molecule has 1 aromatic carbocycles. The molecule has 1 rings (SSSR count). The molecule has 0 saturated heterocycles. The molecule has 0 heterocycles. The second kappa shape index (κ2) is 16.6. The Hall–Kier alpha value is -0.820. The zero-order valence-corrected chi connectivity index (χ0v) is 18.0. The van der Waals surface area contributed by atoms with Crippen molar-refractivity contribution in [1.82, 2.24) is 0 Å². The van der Waals surface area contributed by atoms with Gasteiger partial charge < -0.3 is 4.48 Å². The summed E-state index contributed by atoms with van der Waals surface area (Å²) in [7, 11) is 4.74. The SMILES string of the molecule is CCCCCCCCCCCC[N+](C)(C)CCC.Cc1ccccc1. The molecule has 0 spiro atoms. The van der Waals surface area contributed by atoms with E-state index < -0.39 is 0 Å². The van der Waals surface area contributed by atoms with Crippen molar-refractivity contribution in [2.75, 3.05) is 27.2 Å². The minimum Gasteiger partial charge on any atom is -0.328 e. The van der Waals surface area contributed by atoms with Crippen LogP contribution in [0.4, 0.5) is 0 Å². The van der Waals surface area contributed by atoms with Crippen LogP contribution in [0.1, 0.15) is 90.0 Å². The summed E-state index contributed by atoms with van der Waals surface area (Å²) in [5.74, 6) is 0. The van der Waals surface area contributed by atoms with Crippen molar-refractivity contribution in [2.45, 2.75) is 91.4 Å². The van der Waals surface area contributed by atoms with Crippen LogP contribution in [0.25, 0.3) is 0 Å². The van der Waals surface area contributed by atoms with Gasteiger partial charge in [-0.1, -0.05) is 101 Å². The molecule has 0 aliphatic heterocycles. The maximum Gasteiger partial charge on any atom is 0.0782 e. The van der Waals surface area contributed by atoms with Crippen LogP contribution in [0.2, 0.25) is 0 Å². The molecule has 0 unspecified atom stereocenters. The number of hydrogen-bond donors (Lipinski definition) is 0. The van der Waals surface area contributed by atoms with Gasteiger partial charge in [-0.2, -0.15) is 0 Å². The summed E-state index contributed by atoms with van der Waals surface area (Å²) in [4.78, 5) is 0. The molecule has 0 bridgehead atoms. The third kappa shape index (κ3) is 17.8. The number of rotatable bonds is 13. The number of benzene rings is 1. The van der Waals surface area contributed by atoms with Crippen molar-refractivity contribution in [2.24, 2.45) is 0 Å². The Balaban J connectivity index is 0.000000676. The Morgan fingerprint density at radius 1 is 0.600 bits per heavy atom. The van der Waals surface area contributed by atoms with Crippen molar-refractivity contribution in [3.8, 4) is 0 Å². The molecule has 25 heavy (non-hydrogen) atoms. The lowest BCUT2D eigenvalue weighted by molar-refractivity contribution is -0.890. The summed E-state index contributed by atoms with van der Waals surface area (Å²) >= 11 is 0. The van der Waals surface area contributed by atoms with Gasteiger partial charge in [0, 0.05) is 0 Å². The molecule has 0 fully saturated rings. The Kier molecular flexibility index (Phi) is 16.1. The van der Waals surface area contributed by atoms with E-state index >= 15 is 0 Å². The summed E-state index contributed by atoms with van der Waals surface area (Å²) < 4.78 is 1.22. The molecule has 1 heteroatoms. The van der Waals surface area contributed by atoms with Gasteiger partial charge in [0.05, 0.1) is 27.2 Å². The first-order valence-corrected chi connectivity index (χ1v) is 10.9. The van der Waals surface area contributed by atoms with Crippen LogP contribution in [0, 0.1) is 6.92 Å². The van der Waals surface area contributed by atoms with Crippen LogP contribution < -0.4 is 0 Å². The monoisotopic (exact) mass is 348 g/mol. The van der Waals surface area contributed by atoms with Crippen molar-refractivity contribution in [3.05, 3.63) is 35.9 Å². The summed E-state index contributed by atoms with van der Waals surface area (Å²) in [6.45, 7) is 9.36. The molecular formula is C24H46N+. The van der Waals surface area contributed by atoms with E-state index in [1.165, 1.54) is 93.8 Å². The molecule has 0 saturated carbocycles. The van der Waals surface area contributed by atoms with E-state index in [-0.39, 0.29) is 0 Å². The maximum atomic E-state index is 2.37. The Bertz CT molecular complexity index is 369. The Morgan fingerprint density at radius 3 is 1.48 bits per heavy atom. The first-order chi connectivity index (χ1) is 12.0. The highest BCUT2D eigenvalue weighted by Gasteiger charge is 2.11. The van der Waals surface area contributed by atoms with Gasteiger partial charge in [0.25, 0.3) is 0 Å². The Labute approximate surface area is 159 Å². The van der Waals surface area contributed by atoms with Gasteiger partial charge in [-0.05, 0) is 26.2 Å². The van der Waals surface area contributed by atoms with Gasteiger partial charge in [-0.15, -0.1) is 0 Å². The second-order valence-corrected chi connectivity index (χ2v) is 8.22. The van der Waals surface area contributed by atoms with Crippen LogP contribution >= 0.6 is 0 Å². The minimum absolute atomic E-state index is 1.22. The lowest BCUT2D eigenvalue weighted by Crippen LogP contribution is -2.40. The summed E-state index contributed by atoms with van der Waals surface area (Å²) in [5, 5.41) is 0. The Morgan fingerprint density at radius 2 is 1.08 bits per heavy atom. The van der Waals surface area contributed by atoms with E-state index in [9.17, 15) is 0 Å². The topological polar surface area (TPSA) is 0 Å². The van der Waals surface area contributed by atoms with E-state index in [0.717, 1.165) is 0 Å². The molecule has 0 aromatic heterocycles. The van der Waals surface area contributed by atoms with E-state index in [0.29, 0.717) is 0 Å². The zero-order chi connectivity index (χ0) is 18.8. The van der Waals surface area contributed by atoms with Crippen molar-refractivity contribution >= 4 is 0 Å². The van der Waals surface area contributed by atoms with Crippen LogP contribution in [-0.4, -0.2) is 31.7 Å². The average Bonchev–Trinajstić information content (AvgIpc) is 2.58. The fraction of sp³-hybridized carbons (Fsp3) is 0.750. The van der Waals surface area contributed by atoms with Crippen molar-refractivity contribution < 1.29 is 4.48 Å². The second-order valence-electron chi connectivity index (χ2n) is 8.22. The van der Waals surface area contributed by atoms with Gasteiger partial charge in [-0.3, -0.25) is 0 Å². The smallest absolute Gasteiger partial charge is 0.0782 e. The predicted octanol–water partition coefficient (Wildman–Crippen LogP) is 7.39. The molecule has 0 atom stereocenters. The summed E-state index contributed by atoms with van der Waals surface area (Å²) in [6, 6.07) is 10.3. The zero-order valence-electron chi connectivity index (χ0n) is 18.0. The largest absolute Gasteiger partial charge is 0.328 e. The highest BCUT2D eigenvalue weighted by molar-refractivity contribution is 5.11. The standard InChI is InChI=1S/C17H38N.C7H8/c1-5-7-8-9-10-11-12-13-14-15-17-18(3,4)16-6-2;1-7-5-3-2-4-6-7/h5-17H2,1-4H3;2-6H,1H3/q+1;. The predicted molar refractivity (Wildman–Crippen MR) is 115 cm³/mol. The van der Waals surface area contributed by atoms with Crippen LogP contribution in [-0.2, 0) is 0 Å². The van der Waals surface area contributed by atoms with E-state index in [1.807, 2.05) is 18.2 Å². The van der Waals surface area contributed by atoms with Gasteiger partial charge >= 0.3 is 0 Å².